The van der Waals surface area contributed by atoms with Gasteiger partial charge >= 0.3 is 5.97 Å². The zero-order valence-electron chi connectivity index (χ0n) is 5.00. The van der Waals surface area contributed by atoms with Crippen molar-refractivity contribution in [3.05, 3.63) is 0 Å². The number of fused-ring (bicyclic) bond motifs is 1. The van der Waals surface area contributed by atoms with E-state index in [1.165, 1.54) is 0 Å². The second-order valence-corrected chi connectivity index (χ2v) is 2.88. The molecular weight excluding hydrogens is 118 g/mol. The Hall–Kier alpha value is -0.570. The molecule has 3 nitrogen and oxygen atoms in total. The van der Waals surface area contributed by atoms with Crippen LogP contribution in [0, 0.1) is 11.8 Å². The van der Waals surface area contributed by atoms with Gasteiger partial charge in [0.25, 0.3) is 0 Å². The summed E-state index contributed by atoms with van der Waals surface area (Å²) in [5.41, 5.74) is 0. The summed E-state index contributed by atoms with van der Waals surface area (Å²) in [4.78, 5) is 10.4. The summed E-state index contributed by atoms with van der Waals surface area (Å²) < 4.78 is 0. The first-order valence-electron chi connectivity index (χ1n) is 3.25. The smallest absolute Gasteiger partial charge is 0.320 e. The Morgan fingerprint density at radius 2 is 2.44 bits per heavy atom. The molecule has 1 aliphatic heterocycles. The van der Waals surface area contributed by atoms with Crippen LogP contribution in [0.1, 0.15) is 6.42 Å². The molecule has 9 heavy (non-hydrogen) atoms. The first-order chi connectivity index (χ1) is 4.29. The van der Waals surface area contributed by atoms with E-state index < -0.39 is 5.97 Å². The molecule has 2 fully saturated rings. The largest absolute Gasteiger partial charge is 0.480 e. The summed E-state index contributed by atoms with van der Waals surface area (Å²) in [6.07, 6.45) is 1.13. The molecular formula is C6H9NO2. The van der Waals surface area contributed by atoms with Crippen LogP contribution in [0.3, 0.4) is 0 Å². The minimum Gasteiger partial charge on any atom is -0.480 e. The van der Waals surface area contributed by atoms with Gasteiger partial charge in [-0.25, -0.2) is 0 Å². The highest BCUT2D eigenvalue weighted by molar-refractivity contribution is 5.75. The molecule has 2 aliphatic rings. The van der Waals surface area contributed by atoms with Gasteiger partial charge in [0.2, 0.25) is 0 Å². The van der Waals surface area contributed by atoms with E-state index in [0.717, 1.165) is 13.0 Å². The van der Waals surface area contributed by atoms with Gasteiger partial charge in [0.15, 0.2) is 0 Å². The van der Waals surface area contributed by atoms with E-state index in [-0.39, 0.29) is 6.04 Å². The van der Waals surface area contributed by atoms with E-state index in [9.17, 15) is 4.79 Å². The molecule has 0 bridgehead atoms. The summed E-state index contributed by atoms with van der Waals surface area (Å²) in [5, 5.41) is 11.5. The van der Waals surface area contributed by atoms with Crippen LogP contribution in [0.4, 0.5) is 0 Å². The van der Waals surface area contributed by atoms with Gasteiger partial charge in [-0.1, -0.05) is 0 Å². The van der Waals surface area contributed by atoms with Gasteiger partial charge in [-0.15, -0.1) is 0 Å². The SMILES string of the molecule is O=C(O)C1NC[C@@H]2C[C@H]12. The number of carbonyl (C=O) groups is 1. The fraction of sp³-hybridized carbons (Fsp3) is 0.833. The van der Waals surface area contributed by atoms with Gasteiger partial charge in [0, 0.05) is 0 Å². The van der Waals surface area contributed by atoms with E-state index >= 15 is 0 Å². The zero-order valence-corrected chi connectivity index (χ0v) is 5.00. The van der Waals surface area contributed by atoms with Crippen molar-refractivity contribution in [3.63, 3.8) is 0 Å². The van der Waals surface area contributed by atoms with E-state index in [2.05, 4.69) is 5.32 Å². The number of nitrogens with one attached hydrogen (secondary N) is 1. The van der Waals surface area contributed by atoms with Crippen LogP contribution in [0.2, 0.25) is 0 Å². The molecule has 50 valence electrons. The van der Waals surface area contributed by atoms with Crippen molar-refractivity contribution >= 4 is 5.97 Å². The second-order valence-electron chi connectivity index (χ2n) is 2.88. The van der Waals surface area contributed by atoms with Crippen LogP contribution in [0.15, 0.2) is 0 Å². The minimum absolute atomic E-state index is 0.227. The number of carboxylic acids is 1. The Bertz CT molecular complexity index is 157. The monoisotopic (exact) mass is 127 g/mol. The van der Waals surface area contributed by atoms with Crippen LogP contribution in [-0.4, -0.2) is 23.7 Å². The molecule has 3 heteroatoms. The van der Waals surface area contributed by atoms with Crippen molar-refractivity contribution in [3.8, 4) is 0 Å². The first-order valence-corrected chi connectivity index (χ1v) is 3.25. The lowest BCUT2D eigenvalue weighted by Gasteiger charge is -2.04. The zero-order chi connectivity index (χ0) is 6.43. The van der Waals surface area contributed by atoms with Crippen molar-refractivity contribution < 1.29 is 9.90 Å². The van der Waals surface area contributed by atoms with E-state index in [0.29, 0.717) is 11.8 Å². The van der Waals surface area contributed by atoms with Gasteiger partial charge in [-0.2, -0.15) is 0 Å². The Labute approximate surface area is 53.1 Å². The third kappa shape index (κ3) is 0.645. The topological polar surface area (TPSA) is 49.3 Å². The third-order valence-corrected chi connectivity index (χ3v) is 2.27. The van der Waals surface area contributed by atoms with Crippen LogP contribution < -0.4 is 5.32 Å². The van der Waals surface area contributed by atoms with Crippen LogP contribution in [0.5, 0.6) is 0 Å². The third-order valence-electron chi connectivity index (χ3n) is 2.27. The number of rotatable bonds is 1. The second kappa shape index (κ2) is 1.48. The molecule has 3 atom stereocenters. The van der Waals surface area contributed by atoms with Crippen LogP contribution in [-0.2, 0) is 4.79 Å². The lowest BCUT2D eigenvalue weighted by molar-refractivity contribution is -0.139. The van der Waals surface area contributed by atoms with E-state index in [4.69, 9.17) is 5.11 Å². The summed E-state index contributed by atoms with van der Waals surface area (Å²) >= 11 is 0. The Morgan fingerprint density at radius 1 is 1.67 bits per heavy atom. The van der Waals surface area contributed by atoms with E-state index in [1.54, 1.807) is 0 Å². The predicted molar refractivity (Wildman–Crippen MR) is 31.0 cm³/mol. The molecule has 1 aliphatic carbocycles. The number of hydrogen-bond donors (Lipinski definition) is 2. The highest BCUT2D eigenvalue weighted by Gasteiger charge is 2.51. The summed E-state index contributed by atoms with van der Waals surface area (Å²) in [6.45, 7) is 0.918. The van der Waals surface area contributed by atoms with Crippen molar-refractivity contribution in [2.45, 2.75) is 12.5 Å². The van der Waals surface area contributed by atoms with Crippen molar-refractivity contribution in [2.75, 3.05) is 6.54 Å². The number of piperidine rings is 1. The lowest BCUT2D eigenvalue weighted by Crippen LogP contribution is -2.34. The maximum absolute atomic E-state index is 10.4. The number of aliphatic carboxylic acids is 1. The molecule has 1 saturated carbocycles. The molecule has 0 radical (unpaired) electrons. The van der Waals surface area contributed by atoms with Gasteiger partial charge in [0.05, 0.1) is 0 Å². The molecule has 1 saturated heterocycles. The number of carboxylic acid groups (broad SMARTS) is 1. The minimum atomic E-state index is -0.681. The molecule has 0 aromatic rings. The molecule has 0 spiro atoms. The summed E-state index contributed by atoms with van der Waals surface area (Å²) in [7, 11) is 0. The lowest BCUT2D eigenvalue weighted by atomic mass is 10.2. The molecule has 0 amide bonds. The number of hydrogen-bond acceptors (Lipinski definition) is 2. The maximum atomic E-state index is 10.4. The Morgan fingerprint density at radius 3 is 2.67 bits per heavy atom. The molecule has 0 aromatic carbocycles. The molecule has 1 unspecified atom stereocenters. The van der Waals surface area contributed by atoms with Crippen LogP contribution >= 0.6 is 0 Å². The summed E-state index contributed by atoms with van der Waals surface area (Å²) in [6, 6.07) is -0.227. The molecule has 2 N–H and O–H groups in total. The van der Waals surface area contributed by atoms with Gasteiger partial charge in [-0.3, -0.25) is 4.79 Å². The van der Waals surface area contributed by atoms with Crippen molar-refractivity contribution in [1.82, 2.24) is 5.32 Å². The average Bonchev–Trinajstić information content (AvgIpc) is 2.43. The molecule has 1 heterocycles. The maximum Gasteiger partial charge on any atom is 0.320 e. The molecule has 0 aromatic heterocycles. The Kier molecular flexibility index (Phi) is 0.858. The predicted octanol–water partition coefficient (Wildman–Crippen LogP) is -0.321. The van der Waals surface area contributed by atoms with Crippen LogP contribution in [0.25, 0.3) is 0 Å². The highest BCUT2D eigenvalue weighted by atomic mass is 16.4. The summed E-state index contributed by atoms with van der Waals surface area (Å²) in [5.74, 6) is 0.466. The van der Waals surface area contributed by atoms with Gasteiger partial charge in [0.1, 0.15) is 6.04 Å². The van der Waals surface area contributed by atoms with E-state index in [1.807, 2.05) is 0 Å². The first kappa shape index (κ1) is 5.23. The fourth-order valence-corrected chi connectivity index (χ4v) is 1.61. The van der Waals surface area contributed by atoms with Crippen molar-refractivity contribution in [2.24, 2.45) is 11.8 Å². The molecule has 2 rings (SSSR count). The van der Waals surface area contributed by atoms with Gasteiger partial charge in [-0.05, 0) is 24.8 Å². The average molecular weight is 127 g/mol. The van der Waals surface area contributed by atoms with Crippen molar-refractivity contribution in [1.29, 1.82) is 0 Å². The normalized spacial score (nSPS) is 46.4. The quantitative estimate of drug-likeness (QED) is 0.507. The highest BCUT2D eigenvalue weighted by Crippen LogP contribution is 2.44. The fourth-order valence-electron chi connectivity index (χ4n) is 1.61. The Balaban J connectivity index is 2.06. The standard InChI is InChI=1S/C6H9NO2/c8-6(9)5-4-1-3(4)2-7-5/h3-5,7H,1-2H2,(H,8,9)/t3-,4-,5?/m0/s1. The van der Waals surface area contributed by atoms with Gasteiger partial charge < -0.3 is 10.4 Å².